The van der Waals surface area contributed by atoms with Crippen LogP contribution in [0.4, 0.5) is 5.95 Å². The number of ether oxygens (including phenoxy) is 2. The monoisotopic (exact) mass is 457 g/mol. The van der Waals surface area contributed by atoms with Crippen LogP contribution in [0.25, 0.3) is 16.9 Å². The second kappa shape index (κ2) is 9.93. The van der Waals surface area contributed by atoms with Gasteiger partial charge in [-0.2, -0.15) is 4.98 Å². The predicted molar refractivity (Wildman–Crippen MR) is 131 cm³/mol. The van der Waals surface area contributed by atoms with Crippen LogP contribution in [-0.4, -0.2) is 58.8 Å². The van der Waals surface area contributed by atoms with Crippen LogP contribution in [0.2, 0.25) is 0 Å². The zero-order chi connectivity index (χ0) is 23.3. The number of pyridine rings is 1. The number of fused-ring (bicyclic) bond motifs is 1. The van der Waals surface area contributed by atoms with Crippen molar-refractivity contribution in [1.82, 2.24) is 19.5 Å². The Morgan fingerprint density at radius 1 is 0.971 bits per heavy atom. The molecule has 5 rings (SSSR count). The number of benzene rings is 2. The molecule has 1 N–H and O–H groups in total. The molecule has 8 nitrogen and oxygen atoms in total. The number of aromatic nitrogens is 3. The van der Waals surface area contributed by atoms with E-state index in [1.807, 2.05) is 54.6 Å². The summed E-state index contributed by atoms with van der Waals surface area (Å²) in [7, 11) is 1.64. The Morgan fingerprint density at radius 2 is 1.71 bits per heavy atom. The first-order chi connectivity index (χ1) is 16.7. The van der Waals surface area contributed by atoms with Crippen LogP contribution in [0.5, 0.6) is 11.5 Å². The number of carbonyl (C=O) groups is 1. The van der Waals surface area contributed by atoms with E-state index in [4.69, 9.17) is 9.47 Å². The van der Waals surface area contributed by atoms with Crippen LogP contribution in [0.1, 0.15) is 23.2 Å². The number of anilines is 1. The highest BCUT2D eigenvalue weighted by Crippen LogP contribution is 2.23. The summed E-state index contributed by atoms with van der Waals surface area (Å²) in [6.07, 6.45) is 2.54. The summed E-state index contributed by atoms with van der Waals surface area (Å²) < 4.78 is 12.8. The lowest BCUT2D eigenvalue weighted by molar-refractivity contribution is 0.102. The molecule has 4 aromatic rings. The molecule has 3 heterocycles. The number of carbonyl (C=O) groups excluding carboxylic acids is 1. The summed E-state index contributed by atoms with van der Waals surface area (Å²) in [6, 6.07) is 20.6. The zero-order valence-corrected chi connectivity index (χ0v) is 19.1. The molecule has 1 fully saturated rings. The molecular weight excluding hydrogens is 430 g/mol. The lowest BCUT2D eigenvalue weighted by atomic mass is 10.1. The third-order valence-corrected chi connectivity index (χ3v) is 5.96. The van der Waals surface area contributed by atoms with Crippen molar-refractivity contribution in [3.63, 3.8) is 0 Å². The number of likely N-dealkylation sites (tertiary alicyclic amines) is 1. The largest absolute Gasteiger partial charge is 0.497 e. The van der Waals surface area contributed by atoms with Crippen LogP contribution in [-0.2, 0) is 0 Å². The summed E-state index contributed by atoms with van der Waals surface area (Å²) in [5, 5.41) is 7.30. The Labute approximate surface area is 198 Å². The zero-order valence-electron chi connectivity index (χ0n) is 19.1. The summed E-state index contributed by atoms with van der Waals surface area (Å²) >= 11 is 0. The highest BCUT2D eigenvalue weighted by atomic mass is 16.5. The van der Waals surface area contributed by atoms with E-state index in [9.17, 15) is 4.79 Å². The van der Waals surface area contributed by atoms with E-state index in [0.29, 0.717) is 17.8 Å². The van der Waals surface area contributed by atoms with Gasteiger partial charge in [0.2, 0.25) is 5.95 Å². The van der Waals surface area contributed by atoms with Crippen molar-refractivity contribution in [3.05, 3.63) is 72.3 Å². The smallest absolute Gasteiger partial charge is 0.258 e. The average molecular weight is 458 g/mol. The van der Waals surface area contributed by atoms with Gasteiger partial charge in [-0.25, -0.2) is 4.52 Å². The number of hydrogen-bond donors (Lipinski definition) is 1. The Balaban J connectivity index is 1.25. The van der Waals surface area contributed by atoms with Gasteiger partial charge in [0.1, 0.15) is 18.1 Å². The van der Waals surface area contributed by atoms with Crippen molar-refractivity contribution < 1.29 is 14.3 Å². The molecule has 0 atom stereocenters. The molecule has 0 spiro atoms. The average Bonchev–Trinajstić information content (AvgIpc) is 3.54. The number of rotatable bonds is 8. The van der Waals surface area contributed by atoms with Crippen molar-refractivity contribution in [2.75, 3.05) is 38.7 Å². The molecule has 0 radical (unpaired) electrons. The number of hydrogen-bond acceptors (Lipinski definition) is 6. The minimum atomic E-state index is -0.273. The Morgan fingerprint density at radius 3 is 2.44 bits per heavy atom. The van der Waals surface area contributed by atoms with Crippen molar-refractivity contribution in [2.45, 2.75) is 12.8 Å². The van der Waals surface area contributed by atoms with E-state index in [-0.39, 0.29) is 11.9 Å². The van der Waals surface area contributed by atoms with E-state index in [2.05, 4.69) is 20.3 Å². The Kier molecular flexibility index (Phi) is 6.40. The first-order valence-corrected chi connectivity index (χ1v) is 11.5. The van der Waals surface area contributed by atoms with Crippen LogP contribution >= 0.6 is 0 Å². The molecule has 34 heavy (non-hydrogen) atoms. The van der Waals surface area contributed by atoms with E-state index in [1.165, 1.54) is 12.8 Å². The highest BCUT2D eigenvalue weighted by Gasteiger charge is 2.14. The topological polar surface area (TPSA) is 81.0 Å². The Hall–Kier alpha value is -3.91. The van der Waals surface area contributed by atoms with Crippen molar-refractivity contribution in [1.29, 1.82) is 0 Å². The van der Waals surface area contributed by atoms with Crippen molar-refractivity contribution >= 4 is 17.5 Å². The second-order valence-electron chi connectivity index (χ2n) is 8.22. The van der Waals surface area contributed by atoms with E-state index in [0.717, 1.165) is 42.4 Å². The maximum Gasteiger partial charge on any atom is 0.258 e. The van der Waals surface area contributed by atoms with Crippen LogP contribution in [0.3, 0.4) is 0 Å². The molecule has 2 aromatic carbocycles. The molecule has 2 aromatic heterocycles. The molecule has 1 aliphatic rings. The normalized spacial score (nSPS) is 13.8. The fourth-order valence-electron chi connectivity index (χ4n) is 4.11. The number of nitrogens with zero attached hydrogens (tertiary/aromatic N) is 4. The Bertz CT molecular complexity index is 1260. The highest BCUT2D eigenvalue weighted by molar-refractivity contribution is 6.03. The van der Waals surface area contributed by atoms with Gasteiger partial charge in [0.05, 0.1) is 12.8 Å². The minimum absolute atomic E-state index is 0.247. The van der Waals surface area contributed by atoms with Gasteiger partial charge in [-0.15, -0.1) is 5.10 Å². The predicted octanol–water partition coefficient (Wildman–Crippen LogP) is 4.13. The maximum atomic E-state index is 12.8. The molecule has 1 saturated heterocycles. The molecule has 0 saturated carbocycles. The molecule has 174 valence electrons. The van der Waals surface area contributed by atoms with Crippen LogP contribution in [0, 0.1) is 0 Å². The lowest BCUT2D eigenvalue weighted by Gasteiger charge is -2.14. The summed E-state index contributed by atoms with van der Waals surface area (Å²) in [5.41, 5.74) is 2.99. The third-order valence-electron chi connectivity index (χ3n) is 5.96. The second-order valence-corrected chi connectivity index (χ2v) is 8.22. The van der Waals surface area contributed by atoms with Gasteiger partial charge in [-0.3, -0.25) is 15.0 Å². The van der Waals surface area contributed by atoms with Gasteiger partial charge in [0.25, 0.3) is 5.91 Å². The van der Waals surface area contributed by atoms with E-state index in [1.54, 1.807) is 23.8 Å². The van der Waals surface area contributed by atoms with Gasteiger partial charge in [-0.05, 0) is 86.6 Å². The molecule has 1 aliphatic heterocycles. The lowest BCUT2D eigenvalue weighted by Crippen LogP contribution is -2.25. The molecular formula is C26H27N5O3. The van der Waals surface area contributed by atoms with Gasteiger partial charge >= 0.3 is 0 Å². The third kappa shape index (κ3) is 4.87. The molecule has 0 unspecified atom stereocenters. The minimum Gasteiger partial charge on any atom is -0.497 e. The number of methoxy groups -OCH3 is 1. The van der Waals surface area contributed by atoms with Crippen LogP contribution < -0.4 is 14.8 Å². The summed E-state index contributed by atoms with van der Waals surface area (Å²) in [4.78, 5) is 19.6. The quantitative estimate of drug-likeness (QED) is 0.429. The fourth-order valence-corrected chi connectivity index (χ4v) is 4.11. The molecule has 0 bridgehead atoms. The molecule has 1 amide bonds. The SMILES string of the molecule is COc1ccc(-c2cccc3nc(NC(=O)c4ccc(OCCN5CCCC5)cc4)nn23)cc1. The van der Waals surface area contributed by atoms with Gasteiger partial charge in [-0.1, -0.05) is 6.07 Å². The molecule has 8 heteroatoms. The van der Waals surface area contributed by atoms with Gasteiger partial charge in [0, 0.05) is 17.7 Å². The first-order valence-electron chi connectivity index (χ1n) is 11.5. The standard InChI is InChI=1S/C26H27N5O3/c1-33-21-11-7-19(8-12-21)23-5-4-6-24-27-26(29-31(23)24)28-25(32)20-9-13-22(14-10-20)34-18-17-30-15-2-3-16-30/h4-14H,2-3,15-18H2,1H3,(H,28,29,32). The van der Waals surface area contributed by atoms with E-state index >= 15 is 0 Å². The molecule has 0 aliphatic carbocycles. The number of nitrogens with one attached hydrogen (secondary N) is 1. The summed E-state index contributed by atoms with van der Waals surface area (Å²) in [6.45, 7) is 3.88. The van der Waals surface area contributed by atoms with E-state index < -0.39 is 0 Å². The number of amides is 1. The first kappa shape index (κ1) is 21.9. The summed E-state index contributed by atoms with van der Waals surface area (Å²) in [5.74, 6) is 1.51. The van der Waals surface area contributed by atoms with Crippen LogP contribution in [0.15, 0.2) is 66.7 Å². The van der Waals surface area contributed by atoms with Gasteiger partial charge in [0.15, 0.2) is 5.65 Å². The van der Waals surface area contributed by atoms with Crippen molar-refractivity contribution in [3.8, 4) is 22.8 Å². The fraction of sp³-hybridized carbons (Fsp3) is 0.269. The van der Waals surface area contributed by atoms with Crippen molar-refractivity contribution in [2.24, 2.45) is 0 Å². The maximum absolute atomic E-state index is 12.8. The van der Waals surface area contributed by atoms with Gasteiger partial charge < -0.3 is 9.47 Å².